The third kappa shape index (κ3) is 4.34. The molecule has 0 spiro atoms. The molecule has 1 N–H and O–H groups in total. The van der Waals surface area contributed by atoms with Gasteiger partial charge in [0.25, 0.3) is 5.91 Å². The number of halogens is 1. The van der Waals surface area contributed by atoms with Gasteiger partial charge in [0.15, 0.2) is 5.67 Å². The number of aryl methyl sites for hydroxylation is 1. The Morgan fingerprint density at radius 2 is 1.83 bits per heavy atom. The van der Waals surface area contributed by atoms with Crippen molar-refractivity contribution in [3.8, 4) is 0 Å². The van der Waals surface area contributed by atoms with E-state index in [4.69, 9.17) is 0 Å². The second-order valence-electron chi connectivity index (χ2n) is 6.99. The number of piperidine rings is 1. The molecule has 2 amide bonds. The second-order valence-corrected chi connectivity index (χ2v) is 6.99. The second kappa shape index (κ2) is 7.32. The van der Waals surface area contributed by atoms with Gasteiger partial charge in [-0.15, -0.1) is 0 Å². The highest BCUT2D eigenvalue weighted by Crippen LogP contribution is 2.30. The molecule has 1 aliphatic heterocycles. The zero-order valence-corrected chi connectivity index (χ0v) is 14.0. The van der Waals surface area contributed by atoms with Crippen LogP contribution in [0.15, 0.2) is 30.3 Å². The van der Waals surface area contributed by atoms with Gasteiger partial charge in [0.1, 0.15) is 0 Å². The molecule has 0 atom stereocenters. The fourth-order valence-electron chi connectivity index (χ4n) is 3.11. The highest BCUT2D eigenvalue weighted by Gasteiger charge is 2.42. The van der Waals surface area contributed by atoms with Crippen LogP contribution >= 0.6 is 0 Å². The Balaban J connectivity index is 1.43. The molecule has 1 saturated carbocycles. The number of alkyl halides is 1. The highest BCUT2D eigenvalue weighted by molar-refractivity contribution is 5.85. The summed E-state index contributed by atoms with van der Waals surface area (Å²) in [4.78, 5) is 26.0. The van der Waals surface area contributed by atoms with E-state index in [1.165, 1.54) is 0 Å². The maximum Gasteiger partial charge on any atom is 0.257 e. The van der Waals surface area contributed by atoms with Gasteiger partial charge in [0.05, 0.1) is 0 Å². The highest BCUT2D eigenvalue weighted by atomic mass is 19.1. The monoisotopic (exact) mass is 332 g/mol. The Kier molecular flexibility index (Phi) is 5.17. The predicted molar refractivity (Wildman–Crippen MR) is 90.1 cm³/mol. The number of rotatable bonds is 6. The van der Waals surface area contributed by atoms with Crippen molar-refractivity contribution >= 4 is 11.8 Å². The van der Waals surface area contributed by atoms with Gasteiger partial charge in [-0.2, -0.15) is 0 Å². The zero-order valence-electron chi connectivity index (χ0n) is 14.0. The van der Waals surface area contributed by atoms with Crippen LogP contribution in [-0.4, -0.2) is 42.0 Å². The summed E-state index contributed by atoms with van der Waals surface area (Å²) in [7, 11) is 0. The van der Waals surface area contributed by atoms with Crippen molar-refractivity contribution in [3.05, 3.63) is 35.9 Å². The number of carbonyl (C=O) groups excluding carboxylic acids is 2. The third-order valence-corrected chi connectivity index (χ3v) is 5.03. The van der Waals surface area contributed by atoms with Crippen molar-refractivity contribution in [2.24, 2.45) is 5.92 Å². The number of hydrogen-bond acceptors (Lipinski definition) is 2. The van der Waals surface area contributed by atoms with E-state index in [0.29, 0.717) is 38.4 Å². The average Bonchev–Trinajstić information content (AvgIpc) is 3.43. The van der Waals surface area contributed by atoms with Crippen molar-refractivity contribution in [2.45, 2.75) is 44.2 Å². The lowest BCUT2D eigenvalue weighted by Crippen LogP contribution is -2.52. The first kappa shape index (κ1) is 16.9. The number of nitrogens with zero attached hydrogens (tertiary/aromatic N) is 1. The van der Waals surface area contributed by atoms with Crippen LogP contribution < -0.4 is 5.32 Å². The number of amides is 2. The standard InChI is InChI=1S/C19H25FN2O2/c20-19(18(24)21-14-16-6-7-16)10-12-22(13-11-19)17(23)9-8-15-4-2-1-3-5-15/h1-5,16H,6-14H2,(H,21,24). The molecule has 0 bridgehead atoms. The molecule has 0 radical (unpaired) electrons. The molecule has 130 valence electrons. The first-order chi connectivity index (χ1) is 11.6. The Labute approximate surface area is 142 Å². The molecule has 24 heavy (non-hydrogen) atoms. The van der Waals surface area contributed by atoms with Gasteiger partial charge in [0.2, 0.25) is 5.91 Å². The summed E-state index contributed by atoms with van der Waals surface area (Å²) >= 11 is 0. The third-order valence-electron chi connectivity index (χ3n) is 5.03. The zero-order chi connectivity index (χ0) is 17.0. The van der Waals surface area contributed by atoms with E-state index in [-0.39, 0.29) is 18.7 Å². The van der Waals surface area contributed by atoms with Crippen molar-refractivity contribution in [1.29, 1.82) is 0 Å². The lowest BCUT2D eigenvalue weighted by Gasteiger charge is -2.35. The molecule has 2 fully saturated rings. The summed E-state index contributed by atoms with van der Waals surface area (Å²) in [6.07, 6.45) is 3.57. The Morgan fingerprint density at radius 1 is 1.17 bits per heavy atom. The molecule has 0 aromatic heterocycles. The van der Waals surface area contributed by atoms with E-state index < -0.39 is 11.6 Å². The van der Waals surface area contributed by atoms with E-state index in [9.17, 15) is 14.0 Å². The molecule has 4 nitrogen and oxygen atoms in total. The average molecular weight is 332 g/mol. The molecule has 1 heterocycles. The van der Waals surface area contributed by atoms with Gasteiger partial charge in [0, 0.05) is 38.9 Å². The topological polar surface area (TPSA) is 49.4 Å². The van der Waals surface area contributed by atoms with Crippen LogP contribution in [0.3, 0.4) is 0 Å². The minimum atomic E-state index is -1.81. The van der Waals surface area contributed by atoms with Crippen molar-refractivity contribution < 1.29 is 14.0 Å². The molecular formula is C19H25FN2O2. The lowest BCUT2D eigenvalue weighted by molar-refractivity contribution is -0.142. The minimum absolute atomic E-state index is 0.0410. The maximum atomic E-state index is 14.8. The molecule has 2 aliphatic rings. The van der Waals surface area contributed by atoms with Crippen LogP contribution in [0.1, 0.15) is 37.7 Å². The normalized spacial score (nSPS) is 19.8. The molecular weight excluding hydrogens is 307 g/mol. The lowest BCUT2D eigenvalue weighted by atomic mass is 9.92. The number of hydrogen-bond donors (Lipinski definition) is 1. The molecule has 1 saturated heterocycles. The van der Waals surface area contributed by atoms with Crippen LogP contribution in [0.25, 0.3) is 0 Å². The van der Waals surface area contributed by atoms with Crippen molar-refractivity contribution in [3.63, 3.8) is 0 Å². The summed E-state index contributed by atoms with van der Waals surface area (Å²) in [5.41, 5.74) is -0.687. The van der Waals surface area contributed by atoms with E-state index in [0.717, 1.165) is 18.4 Å². The maximum absolute atomic E-state index is 14.8. The van der Waals surface area contributed by atoms with Gasteiger partial charge < -0.3 is 10.2 Å². The number of carbonyl (C=O) groups is 2. The number of likely N-dealkylation sites (tertiary alicyclic amines) is 1. The fraction of sp³-hybridized carbons (Fsp3) is 0.579. The Morgan fingerprint density at radius 3 is 2.46 bits per heavy atom. The largest absolute Gasteiger partial charge is 0.353 e. The van der Waals surface area contributed by atoms with E-state index in [1.54, 1.807) is 4.90 Å². The molecule has 1 aliphatic carbocycles. The Bertz CT molecular complexity index is 578. The van der Waals surface area contributed by atoms with Gasteiger partial charge in [-0.05, 0) is 30.7 Å². The summed E-state index contributed by atoms with van der Waals surface area (Å²) in [6.45, 7) is 1.23. The summed E-state index contributed by atoms with van der Waals surface area (Å²) in [5, 5.41) is 2.73. The molecule has 1 aromatic rings. The van der Waals surface area contributed by atoms with E-state index in [2.05, 4.69) is 5.32 Å². The fourth-order valence-corrected chi connectivity index (χ4v) is 3.11. The van der Waals surface area contributed by atoms with Crippen LogP contribution in [0.4, 0.5) is 4.39 Å². The van der Waals surface area contributed by atoms with Crippen molar-refractivity contribution in [1.82, 2.24) is 10.2 Å². The van der Waals surface area contributed by atoms with Gasteiger partial charge >= 0.3 is 0 Å². The summed E-state index contributed by atoms with van der Waals surface area (Å²) in [5.74, 6) is 0.0854. The van der Waals surface area contributed by atoms with Crippen LogP contribution in [-0.2, 0) is 16.0 Å². The summed E-state index contributed by atoms with van der Waals surface area (Å²) < 4.78 is 14.8. The van der Waals surface area contributed by atoms with E-state index in [1.807, 2.05) is 30.3 Å². The number of benzene rings is 1. The molecule has 1 aromatic carbocycles. The van der Waals surface area contributed by atoms with Gasteiger partial charge in [-0.1, -0.05) is 30.3 Å². The molecule has 0 unspecified atom stereocenters. The van der Waals surface area contributed by atoms with Gasteiger partial charge in [-0.25, -0.2) is 4.39 Å². The first-order valence-electron chi connectivity index (χ1n) is 8.86. The quantitative estimate of drug-likeness (QED) is 0.870. The smallest absolute Gasteiger partial charge is 0.257 e. The van der Waals surface area contributed by atoms with Crippen molar-refractivity contribution in [2.75, 3.05) is 19.6 Å². The van der Waals surface area contributed by atoms with E-state index >= 15 is 0 Å². The number of nitrogens with one attached hydrogen (secondary N) is 1. The van der Waals surface area contributed by atoms with Gasteiger partial charge in [-0.3, -0.25) is 9.59 Å². The summed E-state index contributed by atoms with van der Waals surface area (Å²) in [6, 6.07) is 9.86. The van der Waals surface area contributed by atoms with Crippen LogP contribution in [0, 0.1) is 5.92 Å². The predicted octanol–water partition coefficient (Wildman–Crippen LogP) is 2.48. The molecule has 3 rings (SSSR count). The molecule has 5 heteroatoms. The first-order valence-corrected chi connectivity index (χ1v) is 8.86. The Hall–Kier alpha value is -1.91. The van der Waals surface area contributed by atoms with Crippen LogP contribution in [0.5, 0.6) is 0 Å². The minimum Gasteiger partial charge on any atom is -0.353 e. The SMILES string of the molecule is O=C(CCc1ccccc1)N1CCC(F)(C(=O)NCC2CC2)CC1. The van der Waals surface area contributed by atoms with Crippen LogP contribution in [0.2, 0.25) is 0 Å².